The number of hydrogen-bond donors (Lipinski definition) is 2. The van der Waals surface area contributed by atoms with Gasteiger partial charge in [0.25, 0.3) is 10.0 Å². The molecule has 2 heterocycles. The van der Waals surface area contributed by atoms with Crippen LogP contribution in [-0.2, 0) is 10.0 Å². The molecule has 0 spiro atoms. The van der Waals surface area contributed by atoms with E-state index in [9.17, 15) is 12.8 Å². The number of thiazole rings is 1. The topological polar surface area (TPSA) is 84.0 Å². The molecule has 0 amide bonds. The van der Waals surface area contributed by atoms with Crippen LogP contribution in [0.5, 0.6) is 0 Å². The van der Waals surface area contributed by atoms with E-state index in [2.05, 4.69) is 20.0 Å². The Morgan fingerprint density at radius 2 is 2.04 bits per heavy atom. The van der Waals surface area contributed by atoms with E-state index in [-0.39, 0.29) is 27.4 Å². The average Bonchev–Trinajstić information content (AvgIpc) is 3.09. The Bertz CT molecular complexity index is 1010. The van der Waals surface area contributed by atoms with Crippen molar-refractivity contribution in [2.75, 3.05) is 10.0 Å². The van der Waals surface area contributed by atoms with E-state index >= 15 is 0 Å². The smallest absolute Gasteiger partial charge is 0.264 e. The highest BCUT2D eigenvalue weighted by molar-refractivity contribution is 7.92. The van der Waals surface area contributed by atoms with Crippen molar-refractivity contribution in [2.45, 2.75) is 17.9 Å². The zero-order valence-electron chi connectivity index (χ0n) is 13.5. The van der Waals surface area contributed by atoms with Gasteiger partial charge in [-0.3, -0.25) is 4.72 Å². The minimum Gasteiger partial charge on any atom is -0.362 e. The number of aromatic nitrogens is 2. The van der Waals surface area contributed by atoms with Crippen molar-refractivity contribution >= 4 is 44.6 Å². The van der Waals surface area contributed by atoms with Gasteiger partial charge in [-0.1, -0.05) is 29.8 Å². The maximum atomic E-state index is 13.9. The summed E-state index contributed by atoms with van der Waals surface area (Å²) in [6, 6.07) is 7.22. The fourth-order valence-electron chi connectivity index (χ4n) is 2.24. The molecule has 1 aromatic carbocycles. The molecule has 0 aliphatic rings. The third kappa shape index (κ3) is 4.12. The molecular formula is C16H14ClFN4O2S2. The van der Waals surface area contributed by atoms with Crippen LogP contribution in [0.25, 0.3) is 0 Å². The van der Waals surface area contributed by atoms with Crippen LogP contribution in [0.1, 0.15) is 18.5 Å². The van der Waals surface area contributed by atoms with Gasteiger partial charge in [-0.25, -0.2) is 22.8 Å². The maximum Gasteiger partial charge on any atom is 0.264 e. The molecule has 0 fully saturated rings. The Morgan fingerprint density at radius 1 is 1.27 bits per heavy atom. The molecule has 0 saturated heterocycles. The van der Waals surface area contributed by atoms with Crippen LogP contribution in [0.2, 0.25) is 5.02 Å². The molecule has 0 aliphatic heterocycles. The summed E-state index contributed by atoms with van der Waals surface area (Å²) >= 11 is 7.43. The summed E-state index contributed by atoms with van der Waals surface area (Å²) < 4.78 is 40.9. The van der Waals surface area contributed by atoms with Gasteiger partial charge in [-0.15, -0.1) is 11.3 Å². The highest BCUT2D eigenvalue weighted by Gasteiger charge is 2.19. The van der Waals surface area contributed by atoms with E-state index in [1.54, 1.807) is 30.5 Å². The Labute approximate surface area is 159 Å². The normalized spacial score (nSPS) is 12.6. The molecule has 0 bridgehead atoms. The van der Waals surface area contributed by atoms with E-state index in [0.29, 0.717) is 5.56 Å². The van der Waals surface area contributed by atoms with Crippen molar-refractivity contribution in [3.63, 3.8) is 0 Å². The van der Waals surface area contributed by atoms with Gasteiger partial charge in [0.1, 0.15) is 16.5 Å². The first kappa shape index (κ1) is 18.6. The van der Waals surface area contributed by atoms with Crippen LogP contribution in [0.3, 0.4) is 0 Å². The van der Waals surface area contributed by atoms with Gasteiger partial charge in [0.05, 0.1) is 16.6 Å². The second-order valence-corrected chi connectivity index (χ2v) is 8.18. The van der Waals surface area contributed by atoms with Gasteiger partial charge in [-0.05, 0) is 19.1 Å². The Balaban J connectivity index is 1.80. The van der Waals surface area contributed by atoms with Gasteiger partial charge in [0.2, 0.25) is 0 Å². The van der Waals surface area contributed by atoms with E-state index < -0.39 is 16.1 Å². The number of sulfonamides is 1. The lowest BCUT2D eigenvalue weighted by molar-refractivity contribution is 0.600. The van der Waals surface area contributed by atoms with E-state index in [0.717, 1.165) is 0 Å². The minimum atomic E-state index is -3.85. The average molecular weight is 413 g/mol. The van der Waals surface area contributed by atoms with Crippen LogP contribution in [0.15, 0.2) is 52.3 Å². The molecule has 2 N–H and O–H groups in total. The van der Waals surface area contributed by atoms with E-state index in [1.165, 1.54) is 35.2 Å². The molecule has 2 aromatic heterocycles. The Kier molecular flexibility index (Phi) is 5.40. The van der Waals surface area contributed by atoms with Crippen molar-refractivity contribution in [3.05, 3.63) is 63.8 Å². The van der Waals surface area contributed by atoms with Gasteiger partial charge in [-0.2, -0.15) is 0 Å². The second-order valence-electron chi connectivity index (χ2n) is 5.37. The van der Waals surface area contributed by atoms with Crippen molar-refractivity contribution in [3.8, 4) is 0 Å². The van der Waals surface area contributed by atoms with Crippen molar-refractivity contribution in [2.24, 2.45) is 0 Å². The molecule has 6 nitrogen and oxygen atoms in total. The van der Waals surface area contributed by atoms with Crippen molar-refractivity contribution in [1.29, 1.82) is 0 Å². The fourth-order valence-corrected chi connectivity index (χ4v) is 4.06. The molecule has 0 aliphatic carbocycles. The zero-order valence-corrected chi connectivity index (χ0v) is 15.9. The molecule has 3 rings (SSSR count). The predicted octanol–water partition coefficient (Wildman–Crippen LogP) is 4.30. The molecule has 136 valence electrons. The summed E-state index contributed by atoms with van der Waals surface area (Å²) in [6.45, 7) is 1.75. The number of benzene rings is 1. The molecule has 0 radical (unpaired) electrons. The third-order valence-corrected chi connectivity index (χ3v) is 5.72. The monoisotopic (exact) mass is 412 g/mol. The molecule has 10 heteroatoms. The third-order valence-electron chi connectivity index (χ3n) is 3.52. The molecule has 1 atom stereocenters. The van der Waals surface area contributed by atoms with Crippen LogP contribution < -0.4 is 10.0 Å². The number of nitrogens with zero attached hydrogens (tertiary/aromatic N) is 2. The van der Waals surface area contributed by atoms with Crippen LogP contribution in [0.4, 0.5) is 16.0 Å². The lowest BCUT2D eigenvalue weighted by Gasteiger charge is -2.17. The van der Waals surface area contributed by atoms with Crippen LogP contribution in [-0.4, -0.2) is 18.4 Å². The molecule has 26 heavy (non-hydrogen) atoms. The summed E-state index contributed by atoms with van der Waals surface area (Å²) in [4.78, 5) is 7.84. The number of hydrogen-bond acceptors (Lipinski definition) is 6. The number of rotatable bonds is 6. The largest absolute Gasteiger partial charge is 0.362 e. The SMILES string of the molecule is CC(Nc1ncc(S(=O)(=O)Nc2cscn2)cc1Cl)c1ccccc1F. The van der Waals surface area contributed by atoms with Gasteiger partial charge < -0.3 is 5.32 Å². The first-order chi connectivity index (χ1) is 12.4. The molecule has 1 unspecified atom stereocenters. The van der Waals surface area contributed by atoms with Gasteiger partial charge >= 0.3 is 0 Å². The number of pyridine rings is 1. The fraction of sp³-hybridized carbons (Fsp3) is 0.125. The Hall–Kier alpha value is -2.23. The highest BCUT2D eigenvalue weighted by atomic mass is 35.5. The van der Waals surface area contributed by atoms with Crippen molar-refractivity contribution < 1.29 is 12.8 Å². The highest BCUT2D eigenvalue weighted by Crippen LogP contribution is 2.28. The maximum absolute atomic E-state index is 13.9. The summed E-state index contributed by atoms with van der Waals surface area (Å²) in [6.07, 6.45) is 1.18. The lowest BCUT2D eigenvalue weighted by Crippen LogP contribution is -2.14. The van der Waals surface area contributed by atoms with Gasteiger partial charge in [0.15, 0.2) is 5.82 Å². The van der Waals surface area contributed by atoms with Gasteiger partial charge in [0, 0.05) is 17.1 Å². The standard InChI is InChI=1S/C16H14ClFN4O2S2/c1-10(12-4-2-3-5-14(12)18)21-16-13(17)6-11(7-19-16)26(23,24)22-15-8-25-9-20-15/h2-10,22H,1H3,(H,19,21). The van der Waals surface area contributed by atoms with Crippen LogP contribution >= 0.6 is 22.9 Å². The minimum absolute atomic E-state index is 0.0976. The lowest BCUT2D eigenvalue weighted by atomic mass is 10.1. The predicted molar refractivity (Wildman–Crippen MR) is 101 cm³/mol. The summed E-state index contributed by atoms with van der Waals surface area (Å²) in [5.41, 5.74) is 1.97. The number of halogens is 2. The molecular weight excluding hydrogens is 399 g/mol. The quantitative estimate of drug-likeness (QED) is 0.630. The molecule has 3 aromatic rings. The summed E-state index contributed by atoms with van der Waals surface area (Å²) in [7, 11) is -3.85. The Morgan fingerprint density at radius 3 is 2.69 bits per heavy atom. The molecule has 0 saturated carbocycles. The van der Waals surface area contributed by atoms with E-state index in [4.69, 9.17) is 11.6 Å². The summed E-state index contributed by atoms with van der Waals surface area (Å²) in [5, 5.41) is 4.66. The number of anilines is 2. The first-order valence-electron chi connectivity index (χ1n) is 7.44. The first-order valence-corrected chi connectivity index (χ1v) is 10.2. The van der Waals surface area contributed by atoms with E-state index in [1.807, 2.05) is 0 Å². The second kappa shape index (κ2) is 7.56. The number of nitrogens with one attached hydrogen (secondary N) is 2. The van der Waals surface area contributed by atoms with Crippen molar-refractivity contribution in [1.82, 2.24) is 9.97 Å². The zero-order chi connectivity index (χ0) is 18.7. The summed E-state index contributed by atoms with van der Waals surface area (Å²) in [5.74, 6) is 0.131. The van der Waals surface area contributed by atoms with Crippen LogP contribution in [0, 0.1) is 5.82 Å².